The number of hydrogen-bond acceptors (Lipinski definition) is 4. The first-order valence-electron chi connectivity index (χ1n) is 7.88. The number of carbonyl (C=O) groups excluding carboxylic acids is 1. The molecule has 1 aromatic rings. The lowest BCUT2D eigenvalue weighted by atomic mass is 10.1. The van der Waals surface area contributed by atoms with Gasteiger partial charge in [0, 0.05) is 37.1 Å². The number of halogens is 2. The highest BCUT2D eigenvalue weighted by molar-refractivity contribution is 5.95. The molecule has 1 unspecified atom stereocenters. The van der Waals surface area contributed by atoms with E-state index in [1.165, 1.54) is 0 Å². The summed E-state index contributed by atoms with van der Waals surface area (Å²) in [5, 5.41) is 8.64. The van der Waals surface area contributed by atoms with Crippen LogP contribution in [-0.2, 0) is 9.53 Å². The molecule has 5 nitrogen and oxygen atoms in total. The molecule has 2 heterocycles. The second-order valence-electron chi connectivity index (χ2n) is 6.09. The summed E-state index contributed by atoms with van der Waals surface area (Å²) in [4.78, 5) is 12.0. The molecular weight excluding hydrogens is 304 g/mol. The van der Waals surface area contributed by atoms with Gasteiger partial charge in [-0.25, -0.2) is 8.78 Å². The minimum absolute atomic E-state index is 0.397. The molecule has 2 aliphatic rings. The second kappa shape index (κ2) is 6.80. The molecule has 0 saturated carbocycles. The van der Waals surface area contributed by atoms with Crippen LogP contribution in [0.15, 0.2) is 24.3 Å². The maximum absolute atomic E-state index is 13.1. The van der Waals surface area contributed by atoms with Gasteiger partial charge in [-0.15, -0.1) is 0 Å². The number of carbonyl (C=O) groups is 1. The van der Waals surface area contributed by atoms with E-state index in [1.54, 1.807) is 12.1 Å². The van der Waals surface area contributed by atoms with E-state index in [0.717, 1.165) is 31.7 Å². The zero-order valence-electron chi connectivity index (χ0n) is 12.8. The molecule has 0 spiro atoms. The molecule has 2 aliphatic heterocycles. The molecule has 23 heavy (non-hydrogen) atoms. The molecule has 1 amide bonds. The van der Waals surface area contributed by atoms with Crippen molar-refractivity contribution in [1.82, 2.24) is 5.32 Å². The summed E-state index contributed by atoms with van der Waals surface area (Å²) >= 11 is 0. The van der Waals surface area contributed by atoms with Gasteiger partial charge >= 0.3 is 0 Å². The van der Waals surface area contributed by atoms with E-state index < -0.39 is 30.8 Å². The predicted molar refractivity (Wildman–Crippen MR) is 83.9 cm³/mol. The Morgan fingerprint density at radius 3 is 2.43 bits per heavy atom. The summed E-state index contributed by atoms with van der Waals surface area (Å²) in [6, 6.07) is 6.85. The van der Waals surface area contributed by atoms with E-state index in [9.17, 15) is 13.6 Å². The Morgan fingerprint density at radius 2 is 1.83 bits per heavy atom. The fourth-order valence-electron chi connectivity index (χ4n) is 2.86. The molecular formula is C16H21F2N3O2. The van der Waals surface area contributed by atoms with Crippen LogP contribution in [0.25, 0.3) is 0 Å². The van der Waals surface area contributed by atoms with E-state index in [-0.39, 0.29) is 0 Å². The Labute approximate surface area is 133 Å². The summed E-state index contributed by atoms with van der Waals surface area (Å²) in [7, 11) is 0. The average Bonchev–Trinajstić information content (AvgIpc) is 2.90. The molecule has 126 valence electrons. The lowest BCUT2D eigenvalue weighted by Crippen LogP contribution is -2.35. The van der Waals surface area contributed by atoms with Crippen LogP contribution in [0.3, 0.4) is 0 Å². The lowest BCUT2D eigenvalue weighted by Gasteiger charge is -2.24. The molecule has 0 aliphatic carbocycles. The van der Waals surface area contributed by atoms with E-state index in [1.807, 2.05) is 12.1 Å². The SMILES string of the molecule is O=C(Nc1ccc(NC2CCOCC2)cc1)C1CC(F)(F)CN1. The van der Waals surface area contributed by atoms with Crippen molar-refractivity contribution in [3.63, 3.8) is 0 Å². The number of nitrogens with one attached hydrogen (secondary N) is 3. The van der Waals surface area contributed by atoms with Crippen LogP contribution in [-0.4, -0.2) is 43.7 Å². The first-order chi connectivity index (χ1) is 11.0. The summed E-state index contributed by atoms with van der Waals surface area (Å²) < 4.78 is 31.5. The topological polar surface area (TPSA) is 62.4 Å². The van der Waals surface area contributed by atoms with Crippen LogP contribution in [0.1, 0.15) is 19.3 Å². The molecule has 2 saturated heterocycles. The molecule has 0 bridgehead atoms. The molecule has 1 aromatic carbocycles. The summed E-state index contributed by atoms with van der Waals surface area (Å²) in [5.74, 6) is -3.23. The third-order valence-electron chi connectivity index (χ3n) is 4.17. The number of rotatable bonds is 4. The fraction of sp³-hybridized carbons (Fsp3) is 0.562. The van der Waals surface area contributed by atoms with E-state index in [4.69, 9.17) is 4.74 Å². The van der Waals surface area contributed by atoms with Crippen molar-refractivity contribution in [1.29, 1.82) is 0 Å². The Bertz CT molecular complexity index is 545. The quantitative estimate of drug-likeness (QED) is 0.794. The largest absolute Gasteiger partial charge is 0.382 e. The maximum Gasteiger partial charge on any atom is 0.262 e. The molecule has 7 heteroatoms. The smallest absolute Gasteiger partial charge is 0.262 e. The van der Waals surface area contributed by atoms with Gasteiger partial charge in [-0.1, -0.05) is 0 Å². The fourth-order valence-corrected chi connectivity index (χ4v) is 2.86. The summed E-state index contributed by atoms with van der Waals surface area (Å²) in [5.41, 5.74) is 1.57. The summed E-state index contributed by atoms with van der Waals surface area (Å²) in [6.07, 6.45) is 1.49. The van der Waals surface area contributed by atoms with Crippen molar-refractivity contribution in [2.75, 3.05) is 30.4 Å². The van der Waals surface area contributed by atoms with Crippen LogP contribution in [0.5, 0.6) is 0 Å². The van der Waals surface area contributed by atoms with Crippen LogP contribution >= 0.6 is 0 Å². The number of alkyl halides is 2. The van der Waals surface area contributed by atoms with Gasteiger partial charge in [0.25, 0.3) is 5.92 Å². The standard InChI is InChI=1S/C16H21F2N3O2/c17-16(18)9-14(19-10-16)15(22)21-12-3-1-11(2-4-12)20-13-5-7-23-8-6-13/h1-4,13-14,19-20H,5-10H2,(H,21,22). The summed E-state index contributed by atoms with van der Waals surface area (Å²) in [6.45, 7) is 1.09. The van der Waals surface area contributed by atoms with Crippen molar-refractivity contribution in [3.8, 4) is 0 Å². The first-order valence-corrected chi connectivity index (χ1v) is 7.88. The highest BCUT2D eigenvalue weighted by atomic mass is 19.3. The molecule has 3 N–H and O–H groups in total. The van der Waals surface area contributed by atoms with Gasteiger partial charge in [0.15, 0.2) is 0 Å². The number of anilines is 2. The highest BCUT2D eigenvalue weighted by Gasteiger charge is 2.42. The van der Waals surface area contributed by atoms with Crippen molar-refractivity contribution in [2.24, 2.45) is 0 Å². The van der Waals surface area contributed by atoms with Crippen molar-refractivity contribution >= 4 is 17.3 Å². The Hall–Kier alpha value is -1.73. The van der Waals surface area contributed by atoms with Crippen LogP contribution in [0, 0.1) is 0 Å². The third-order valence-corrected chi connectivity index (χ3v) is 4.17. The number of ether oxygens (including phenoxy) is 1. The van der Waals surface area contributed by atoms with Crippen molar-refractivity contribution in [3.05, 3.63) is 24.3 Å². The monoisotopic (exact) mass is 325 g/mol. The number of benzene rings is 1. The van der Waals surface area contributed by atoms with E-state index >= 15 is 0 Å². The van der Waals surface area contributed by atoms with Crippen LogP contribution in [0.4, 0.5) is 20.2 Å². The van der Waals surface area contributed by atoms with Crippen LogP contribution < -0.4 is 16.0 Å². The van der Waals surface area contributed by atoms with Crippen molar-refractivity contribution in [2.45, 2.75) is 37.3 Å². The van der Waals surface area contributed by atoms with Gasteiger partial charge in [-0.05, 0) is 37.1 Å². The minimum Gasteiger partial charge on any atom is -0.382 e. The predicted octanol–water partition coefficient (Wildman–Crippen LogP) is 2.21. The maximum atomic E-state index is 13.1. The van der Waals surface area contributed by atoms with E-state index in [0.29, 0.717) is 11.7 Å². The lowest BCUT2D eigenvalue weighted by molar-refractivity contribution is -0.118. The Kier molecular flexibility index (Phi) is 4.77. The zero-order chi connectivity index (χ0) is 16.3. The van der Waals surface area contributed by atoms with Gasteiger partial charge in [0.05, 0.1) is 12.6 Å². The molecule has 2 fully saturated rings. The van der Waals surface area contributed by atoms with Gasteiger partial charge in [-0.2, -0.15) is 0 Å². The number of hydrogen-bond donors (Lipinski definition) is 3. The van der Waals surface area contributed by atoms with Crippen molar-refractivity contribution < 1.29 is 18.3 Å². The van der Waals surface area contributed by atoms with Gasteiger partial charge < -0.3 is 15.4 Å². The van der Waals surface area contributed by atoms with Gasteiger partial charge in [0.1, 0.15) is 0 Å². The normalized spacial score (nSPS) is 24.3. The van der Waals surface area contributed by atoms with Crippen LogP contribution in [0.2, 0.25) is 0 Å². The third kappa shape index (κ3) is 4.39. The molecule has 0 radical (unpaired) electrons. The zero-order valence-corrected chi connectivity index (χ0v) is 12.8. The first kappa shape index (κ1) is 16.1. The van der Waals surface area contributed by atoms with Gasteiger partial charge in [-0.3, -0.25) is 10.1 Å². The minimum atomic E-state index is -2.81. The Morgan fingerprint density at radius 1 is 1.17 bits per heavy atom. The second-order valence-corrected chi connectivity index (χ2v) is 6.09. The number of amides is 1. The highest BCUT2D eigenvalue weighted by Crippen LogP contribution is 2.26. The molecule has 3 rings (SSSR count). The van der Waals surface area contributed by atoms with E-state index in [2.05, 4.69) is 16.0 Å². The Balaban J connectivity index is 1.52. The molecule has 1 atom stereocenters. The average molecular weight is 325 g/mol. The molecule has 0 aromatic heterocycles. The van der Waals surface area contributed by atoms with Gasteiger partial charge in [0.2, 0.25) is 5.91 Å².